The molecule has 2 aliphatic rings. The minimum absolute atomic E-state index is 0.0213. The summed E-state index contributed by atoms with van der Waals surface area (Å²) in [6.45, 7) is 5.36. The summed E-state index contributed by atoms with van der Waals surface area (Å²) in [6.07, 6.45) is 1.06. The fourth-order valence-electron chi connectivity index (χ4n) is 3.58. The number of hydrogen-bond donors (Lipinski definition) is 2. The second-order valence-corrected chi connectivity index (χ2v) is 7.69. The highest BCUT2D eigenvalue weighted by Crippen LogP contribution is 2.23. The van der Waals surface area contributed by atoms with Gasteiger partial charge < -0.3 is 20.3 Å². The van der Waals surface area contributed by atoms with Crippen molar-refractivity contribution in [3.63, 3.8) is 0 Å². The van der Waals surface area contributed by atoms with Crippen molar-refractivity contribution < 1.29 is 13.9 Å². The van der Waals surface area contributed by atoms with Gasteiger partial charge in [-0.25, -0.2) is 9.18 Å². The first-order valence-corrected chi connectivity index (χ1v) is 9.79. The molecule has 28 heavy (non-hydrogen) atoms. The van der Waals surface area contributed by atoms with Crippen molar-refractivity contribution >= 4 is 29.1 Å². The van der Waals surface area contributed by atoms with Crippen LogP contribution in [0.5, 0.6) is 0 Å². The number of aromatic nitrogens is 2. The lowest BCUT2D eigenvalue weighted by atomic mass is 10.0. The molecule has 3 heterocycles. The molecule has 0 aliphatic carbocycles. The Morgan fingerprint density at radius 2 is 2.25 bits per heavy atom. The number of hydrogen-bond acceptors (Lipinski definition) is 4. The molecular weight excluding hydrogens is 385 g/mol. The molecule has 9 heteroatoms. The van der Waals surface area contributed by atoms with E-state index in [0.717, 1.165) is 31.1 Å². The van der Waals surface area contributed by atoms with E-state index >= 15 is 0 Å². The van der Waals surface area contributed by atoms with Crippen molar-refractivity contribution in [2.75, 3.05) is 30.4 Å². The van der Waals surface area contributed by atoms with Gasteiger partial charge >= 0.3 is 6.03 Å². The van der Waals surface area contributed by atoms with Gasteiger partial charge in [-0.3, -0.25) is 4.68 Å². The molecule has 1 aromatic heterocycles. The fraction of sp³-hybridized carbons (Fsp3) is 0.474. The minimum atomic E-state index is -0.514. The standard InChI is InChI=1S/C19H23ClFN5O2/c1-12(13-4-7-28-11-13)22-18-9-15-10-25(5-6-26(15)24-18)19(27)23-14-2-3-17(21)16(20)8-14/h2-3,8-9,12-13H,4-7,10-11H2,1H3,(H,22,24)(H,23,27). The largest absolute Gasteiger partial charge is 0.381 e. The zero-order valence-corrected chi connectivity index (χ0v) is 16.4. The second kappa shape index (κ2) is 7.97. The number of nitrogens with one attached hydrogen (secondary N) is 2. The number of ether oxygens (including phenoxy) is 1. The first-order chi connectivity index (χ1) is 13.5. The molecule has 1 fully saturated rings. The predicted octanol–water partition coefficient (Wildman–Crippen LogP) is 3.56. The molecule has 2 atom stereocenters. The molecule has 0 bridgehead atoms. The van der Waals surface area contributed by atoms with E-state index in [0.29, 0.717) is 31.2 Å². The van der Waals surface area contributed by atoms with Crippen molar-refractivity contribution in [1.29, 1.82) is 0 Å². The number of anilines is 2. The molecule has 2 aliphatic heterocycles. The van der Waals surface area contributed by atoms with Crippen LogP contribution in [0.2, 0.25) is 5.02 Å². The predicted molar refractivity (Wildman–Crippen MR) is 105 cm³/mol. The van der Waals surface area contributed by atoms with E-state index in [1.807, 2.05) is 10.7 Å². The van der Waals surface area contributed by atoms with Gasteiger partial charge in [0.25, 0.3) is 0 Å². The van der Waals surface area contributed by atoms with Gasteiger partial charge in [-0.15, -0.1) is 0 Å². The summed E-state index contributed by atoms with van der Waals surface area (Å²) in [5.41, 5.74) is 1.43. The van der Waals surface area contributed by atoms with E-state index in [2.05, 4.69) is 22.7 Å². The van der Waals surface area contributed by atoms with Crippen LogP contribution < -0.4 is 10.6 Å². The van der Waals surface area contributed by atoms with Gasteiger partial charge in [0.15, 0.2) is 0 Å². The maximum atomic E-state index is 13.3. The molecular formula is C19H23ClFN5O2. The van der Waals surface area contributed by atoms with Crippen molar-refractivity contribution in [2.45, 2.75) is 32.5 Å². The Bertz CT molecular complexity index is 868. The Balaban J connectivity index is 1.38. The molecule has 0 spiro atoms. The molecule has 150 valence electrons. The lowest BCUT2D eigenvalue weighted by Crippen LogP contribution is -2.40. The maximum absolute atomic E-state index is 13.3. The number of benzene rings is 1. The van der Waals surface area contributed by atoms with Crippen LogP contribution in [0, 0.1) is 11.7 Å². The SMILES string of the molecule is CC(Nc1cc2n(n1)CCN(C(=O)Nc1ccc(F)c(Cl)c1)C2)C1CCOC1. The van der Waals surface area contributed by atoms with Gasteiger partial charge in [-0.2, -0.15) is 5.10 Å². The third kappa shape index (κ3) is 4.07. The Labute approximate surface area is 167 Å². The second-order valence-electron chi connectivity index (χ2n) is 7.28. The quantitative estimate of drug-likeness (QED) is 0.812. The lowest BCUT2D eigenvalue weighted by Gasteiger charge is -2.27. The Morgan fingerprint density at radius 1 is 1.39 bits per heavy atom. The summed E-state index contributed by atoms with van der Waals surface area (Å²) in [6, 6.07) is 6.14. The van der Waals surface area contributed by atoms with Crippen molar-refractivity contribution in [1.82, 2.24) is 14.7 Å². The molecule has 2 aromatic rings. The number of rotatable bonds is 4. The number of amides is 2. The monoisotopic (exact) mass is 407 g/mol. The van der Waals surface area contributed by atoms with Crippen LogP contribution in [0.15, 0.2) is 24.3 Å². The van der Waals surface area contributed by atoms with E-state index in [-0.39, 0.29) is 17.1 Å². The number of carbonyl (C=O) groups is 1. The van der Waals surface area contributed by atoms with Crippen molar-refractivity contribution in [2.24, 2.45) is 5.92 Å². The third-order valence-electron chi connectivity index (χ3n) is 5.30. The summed E-state index contributed by atoms with van der Waals surface area (Å²) in [5.74, 6) is 0.797. The van der Waals surface area contributed by atoms with E-state index in [1.165, 1.54) is 18.2 Å². The van der Waals surface area contributed by atoms with Crippen molar-refractivity contribution in [3.05, 3.63) is 40.8 Å². The highest BCUT2D eigenvalue weighted by molar-refractivity contribution is 6.31. The molecule has 1 saturated heterocycles. The van der Waals surface area contributed by atoms with E-state index in [4.69, 9.17) is 16.3 Å². The van der Waals surface area contributed by atoms with Crippen LogP contribution >= 0.6 is 11.6 Å². The summed E-state index contributed by atoms with van der Waals surface area (Å²) >= 11 is 5.77. The molecule has 2 amide bonds. The zero-order chi connectivity index (χ0) is 19.7. The average Bonchev–Trinajstić information content (AvgIpc) is 3.33. The van der Waals surface area contributed by atoms with Crippen LogP contribution in [-0.4, -0.2) is 46.5 Å². The third-order valence-corrected chi connectivity index (χ3v) is 5.59. The molecule has 0 radical (unpaired) electrons. The lowest BCUT2D eigenvalue weighted by molar-refractivity contribution is 0.183. The van der Waals surface area contributed by atoms with Crippen LogP contribution in [0.3, 0.4) is 0 Å². The Kier molecular flexibility index (Phi) is 5.41. The van der Waals surface area contributed by atoms with Gasteiger partial charge in [0.05, 0.1) is 30.4 Å². The summed E-state index contributed by atoms with van der Waals surface area (Å²) in [7, 11) is 0. The average molecular weight is 408 g/mol. The maximum Gasteiger partial charge on any atom is 0.322 e. The molecule has 0 saturated carbocycles. The number of carbonyl (C=O) groups excluding carboxylic acids is 1. The number of fused-ring (bicyclic) bond motifs is 1. The van der Waals surface area contributed by atoms with Gasteiger partial charge in [0.2, 0.25) is 0 Å². The molecule has 4 rings (SSSR count). The Hall–Kier alpha value is -2.32. The fourth-order valence-corrected chi connectivity index (χ4v) is 3.77. The number of halogens is 2. The smallest absolute Gasteiger partial charge is 0.322 e. The van der Waals surface area contributed by atoms with E-state index in [1.54, 1.807) is 4.90 Å². The van der Waals surface area contributed by atoms with Crippen LogP contribution in [0.1, 0.15) is 19.0 Å². The normalized spacial score (nSPS) is 20.0. The zero-order valence-electron chi connectivity index (χ0n) is 15.6. The van der Waals surface area contributed by atoms with Gasteiger partial charge in [0, 0.05) is 36.9 Å². The minimum Gasteiger partial charge on any atom is -0.381 e. The Morgan fingerprint density at radius 3 is 3.00 bits per heavy atom. The van der Waals surface area contributed by atoms with Crippen molar-refractivity contribution in [3.8, 4) is 0 Å². The van der Waals surface area contributed by atoms with Crippen LogP contribution in [0.4, 0.5) is 20.7 Å². The van der Waals surface area contributed by atoms with Gasteiger partial charge in [0.1, 0.15) is 11.6 Å². The highest BCUT2D eigenvalue weighted by atomic mass is 35.5. The number of urea groups is 1. The molecule has 7 nitrogen and oxygen atoms in total. The van der Waals surface area contributed by atoms with Gasteiger partial charge in [-0.1, -0.05) is 11.6 Å². The molecule has 2 N–H and O–H groups in total. The van der Waals surface area contributed by atoms with Crippen LogP contribution in [-0.2, 0) is 17.8 Å². The van der Waals surface area contributed by atoms with Gasteiger partial charge in [-0.05, 0) is 31.5 Å². The topological polar surface area (TPSA) is 71.4 Å². The van der Waals surface area contributed by atoms with E-state index < -0.39 is 5.82 Å². The molecule has 2 unspecified atom stereocenters. The summed E-state index contributed by atoms with van der Waals surface area (Å²) in [4.78, 5) is 14.3. The highest BCUT2D eigenvalue weighted by Gasteiger charge is 2.25. The first-order valence-electron chi connectivity index (χ1n) is 9.41. The molecule has 1 aromatic carbocycles. The van der Waals surface area contributed by atoms with Crippen LogP contribution in [0.25, 0.3) is 0 Å². The summed E-state index contributed by atoms with van der Waals surface area (Å²) < 4.78 is 20.7. The van der Waals surface area contributed by atoms with E-state index in [9.17, 15) is 9.18 Å². The summed E-state index contributed by atoms with van der Waals surface area (Å²) in [5, 5.41) is 10.8. The number of nitrogens with zero attached hydrogens (tertiary/aromatic N) is 3. The first kappa shape index (κ1) is 19.0.